The van der Waals surface area contributed by atoms with Crippen LogP contribution >= 0.6 is 0 Å². The van der Waals surface area contributed by atoms with Crippen LogP contribution in [0.2, 0.25) is 0 Å². The van der Waals surface area contributed by atoms with Crippen LogP contribution in [0.25, 0.3) is 95.4 Å². The third-order valence-corrected chi connectivity index (χ3v) is 12.2. The summed E-state index contributed by atoms with van der Waals surface area (Å²) in [7, 11) is 0. The third kappa shape index (κ3) is 12.2. The van der Waals surface area contributed by atoms with Crippen LogP contribution in [0.1, 0.15) is 11.1 Å². The molecule has 12 aromatic rings. The summed E-state index contributed by atoms with van der Waals surface area (Å²) < 4.78 is 7.71. The van der Waals surface area contributed by atoms with Crippen LogP contribution in [0.5, 0.6) is 0 Å². The summed E-state index contributed by atoms with van der Waals surface area (Å²) in [6.07, 6.45) is 7.56. The number of hydrogen-bond acceptors (Lipinski definition) is 4. The molecule has 5 nitrogen and oxygen atoms in total. The molecule has 3 heterocycles. The monoisotopic (exact) mass is 1030 g/mol. The SMILES string of the molecule is Cc1cc(-c2ccccc2)cc(C)c1-c1ccnc(-c2[c-]cccc2)c1.[Rh+3].[c-]1ccccc1-c1ncc(-c2ccc(-c3ccccc3)cc2)o1.[c-]1ccccc1-n1cc(-c2ccc(-c3ccccc3)cc2)cn1. The molecular weight excluding hydrogens is 980 g/mol. The zero-order chi connectivity index (χ0) is 48.9. The van der Waals surface area contributed by atoms with E-state index in [4.69, 9.17) is 4.42 Å². The molecule has 3 aromatic heterocycles. The first-order chi connectivity index (χ1) is 35.5. The van der Waals surface area contributed by atoms with E-state index in [1.54, 1.807) is 6.20 Å². The molecule has 0 radical (unpaired) electrons. The van der Waals surface area contributed by atoms with Crippen LogP contribution in [0.3, 0.4) is 0 Å². The molecule has 0 spiro atoms. The standard InChI is InChI=1S/C25H20N.C21H15N2.C21H14NO.Rh/c1-18-15-23(20-9-5-3-6-10-20)16-19(2)25(18)22-13-14-26-24(17-22)21-11-7-4-8-12-21;1-3-7-17(8-4-1)18-11-13-19(14-12-18)20-15-22-23(16-20)21-9-5-2-6-10-21;1-3-7-16(8-4-1)17-11-13-18(14-12-17)20-15-22-21(23-20)19-9-5-2-6-10-19;/h3-11,13-17H,1-2H3;1-9,11-16H;1-9,11-15H;/q3*-1;+3. The summed E-state index contributed by atoms with van der Waals surface area (Å²) in [6, 6.07) is 89.9. The Hall–Kier alpha value is -8.83. The van der Waals surface area contributed by atoms with E-state index in [9.17, 15) is 0 Å². The molecule has 0 bridgehead atoms. The van der Waals surface area contributed by atoms with Gasteiger partial charge in [-0.3, -0.25) is 9.67 Å². The molecule has 0 aliphatic heterocycles. The minimum absolute atomic E-state index is 0. The van der Waals surface area contributed by atoms with Crippen molar-refractivity contribution in [3.05, 3.63) is 291 Å². The van der Waals surface area contributed by atoms with Crippen LogP contribution in [0.4, 0.5) is 0 Å². The number of para-hydroxylation sites is 1. The van der Waals surface area contributed by atoms with E-state index in [0.717, 1.165) is 45.0 Å². The molecule has 352 valence electrons. The Balaban J connectivity index is 0.000000134. The summed E-state index contributed by atoms with van der Waals surface area (Å²) in [5.41, 5.74) is 19.4. The predicted octanol–water partition coefficient (Wildman–Crippen LogP) is 17.0. The van der Waals surface area contributed by atoms with E-state index < -0.39 is 0 Å². The Morgan fingerprint density at radius 3 is 1.41 bits per heavy atom. The molecular formula is C67H49N4ORh. The van der Waals surface area contributed by atoms with Crippen molar-refractivity contribution >= 4 is 0 Å². The summed E-state index contributed by atoms with van der Waals surface area (Å²) in [6.45, 7) is 4.37. The second kappa shape index (κ2) is 23.9. The Kier molecular flexibility index (Phi) is 16.1. The zero-order valence-electron chi connectivity index (χ0n) is 40.4. The van der Waals surface area contributed by atoms with Gasteiger partial charge in [-0.25, -0.2) is 0 Å². The fourth-order valence-electron chi connectivity index (χ4n) is 8.63. The minimum Gasteiger partial charge on any atom is -0.481 e. The molecule has 0 saturated carbocycles. The van der Waals surface area contributed by atoms with Gasteiger partial charge < -0.3 is 9.40 Å². The van der Waals surface area contributed by atoms with Crippen LogP contribution in [0.15, 0.2) is 266 Å². The first-order valence-electron chi connectivity index (χ1n) is 23.9. The Labute approximate surface area is 441 Å². The quantitative estimate of drug-likeness (QED) is 0.107. The maximum atomic E-state index is 5.86. The number of pyridine rings is 1. The number of aryl methyl sites for hydroxylation is 2. The number of hydrogen-bond donors (Lipinski definition) is 0. The molecule has 0 unspecified atom stereocenters. The van der Waals surface area contributed by atoms with Crippen molar-refractivity contribution in [2.45, 2.75) is 13.8 Å². The molecule has 0 aliphatic carbocycles. The van der Waals surface area contributed by atoms with Crippen molar-refractivity contribution in [2.24, 2.45) is 0 Å². The van der Waals surface area contributed by atoms with Gasteiger partial charge in [0.15, 0.2) is 0 Å². The maximum absolute atomic E-state index is 5.86. The van der Waals surface area contributed by atoms with Gasteiger partial charge in [-0.2, -0.15) is 29.4 Å². The molecule has 73 heavy (non-hydrogen) atoms. The van der Waals surface area contributed by atoms with Crippen molar-refractivity contribution in [2.75, 3.05) is 0 Å². The van der Waals surface area contributed by atoms with Crippen molar-refractivity contribution in [1.29, 1.82) is 0 Å². The van der Waals surface area contributed by atoms with Gasteiger partial charge in [-0.15, -0.1) is 72.3 Å². The maximum Gasteiger partial charge on any atom is 3.00 e. The molecule has 0 N–H and O–H groups in total. The predicted molar refractivity (Wildman–Crippen MR) is 294 cm³/mol. The number of aromatic nitrogens is 4. The molecule has 0 fully saturated rings. The van der Waals surface area contributed by atoms with Gasteiger partial charge in [-0.05, 0) is 92.5 Å². The van der Waals surface area contributed by atoms with E-state index in [1.165, 1.54) is 55.6 Å². The van der Waals surface area contributed by atoms with Gasteiger partial charge in [-0.1, -0.05) is 163 Å². The molecule has 0 saturated heterocycles. The summed E-state index contributed by atoms with van der Waals surface area (Å²) >= 11 is 0. The topological polar surface area (TPSA) is 56.7 Å². The Morgan fingerprint density at radius 1 is 0.397 bits per heavy atom. The fraction of sp³-hybridized carbons (Fsp3) is 0.0299. The largest absolute Gasteiger partial charge is 3.00 e. The van der Waals surface area contributed by atoms with Crippen LogP contribution in [0, 0.1) is 32.0 Å². The molecule has 9 aromatic carbocycles. The van der Waals surface area contributed by atoms with Crippen LogP contribution in [-0.2, 0) is 19.5 Å². The number of rotatable bonds is 9. The van der Waals surface area contributed by atoms with Crippen LogP contribution < -0.4 is 0 Å². The Morgan fingerprint density at radius 2 is 0.877 bits per heavy atom. The van der Waals surface area contributed by atoms with Crippen LogP contribution in [-0.4, -0.2) is 19.7 Å². The summed E-state index contributed by atoms with van der Waals surface area (Å²) in [5, 5.41) is 4.43. The van der Waals surface area contributed by atoms with Gasteiger partial charge in [0, 0.05) is 23.5 Å². The first kappa shape index (κ1) is 49.2. The number of oxazole rings is 1. The molecule has 6 heteroatoms. The van der Waals surface area contributed by atoms with Gasteiger partial charge in [0.05, 0.1) is 12.4 Å². The third-order valence-electron chi connectivity index (χ3n) is 12.2. The Bertz CT molecular complexity index is 3420. The fourth-order valence-corrected chi connectivity index (χ4v) is 8.63. The van der Waals surface area contributed by atoms with E-state index >= 15 is 0 Å². The van der Waals surface area contributed by atoms with E-state index in [1.807, 2.05) is 120 Å². The summed E-state index contributed by atoms with van der Waals surface area (Å²) in [4.78, 5) is 8.87. The smallest absolute Gasteiger partial charge is 0.481 e. The van der Waals surface area contributed by atoms with Crippen molar-refractivity contribution in [3.8, 4) is 95.4 Å². The average Bonchev–Trinajstić information content (AvgIpc) is 4.17. The van der Waals surface area contributed by atoms with E-state index in [2.05, 4.69) is 187 Å². The zero-order valence-corrected chi connectivity index (χ0v) is 42.0. The molecule has 12 rings (SSSR count). The van der Waals surface area contributed by atoms with Gasteiger partial charge in [0.1, 0.15) is 11.7 Å². The molecule has 0 aliphatic rings. The summed E-state index contributed by atoms with van der Waals surface area (Å²) in [5.74, 6) is 1.35. The minimum atomic E-state index is 0. The first-order valence-corrected chi connectivity index (χ1v) is 23.9. The normalized spacial score (nSPS) is 10.5. The van der Waals surface area contributed by atoms with Gasteiger partial charge >= 0.3 is 19.5 Å². The van der Waals surface area contributed by atoms with Crippen molar-refractivity contribution < 1.29 is 23.9 Å². The molecule has 0 atom stereocenters. The second-order valence-corrected chi connectivity index (χ2v) is 17.2. The van der Waals surface area contributed by atoms with Gasteiger partial charge in [0.25, 0.3) is 0 Å². The van der Waals surface area contributed by atoms with Gasteiger partial charge in [0.2, 0.25) is 0 Å². The average molecular weight is 1030 g/mol. The second-order valence-electron chi connectivity index (χ2n) is 17.2. The number of nitrogens with zero attached hydrogens (tertiary/aromatic N) is 4. The van der Waals surface area contributed by atoms with Crippen molar-refractivity contribution in [3.63, 3.8) is 0 Å². The van der Waals surface area contributed by atoms with E-state index in [-0.39, 0.29) is 19.5 Å². The van der Waals surface area contributed by atoms with E-state index in [0.29, 0.717) is 5.89 Å². The number of benzene rings is 9. The molecule has 0 amide bonds. The van der Waals surface area contributed by atoms with Crippen molar-refractivity contribution in [1.82, 2.24) is 19.7 Å².